The maximum Gasteiger partial charge on any atom is 0.156 e. The number of aldehydes is 2. The number of thiophene rings is 2. The first-order valence-corrected chi connectivity index (χ1v) is 8.94. The highest BCUT2D eigenvalue weighted by Crippen LogP contribution is 2.41. The minimum absolute atomic E-state index is 0.291. The van der Waals surface area contributed by atoms with E-state index in [9.17, 15) is 9.59 Å². The lowest BCUT2D eigenvalue weighted by Gasteiger charge is -1.92. The van der Waals surface area contributed by atoms with Crippen LogP contribution in [0.25, 0.3) is 21.3 Å². The molecule has 0 radical (unpaired) electrons. The largest absolute Gasteiger partial charge is 0.453 e. The average molecular weight is 446 g/mol. The molecule has 3 nitrogen and oxygen atoms in total. The molecule has 0 aliphatic carbocycles. The molecule has 0 aromatic carbocycles. The zero-order valence-corrected chi connectivity index (χ0v) is 15.1. The van der Waals surface area contributed by atoms with Crippen molar-refractivity contribution in [3.8, 4) is 21.3 Å². The third kappa shape index (κ3) is 2.70. The summed E-state index contributed by atoms with van der Waals surface area (Å²) in [6, 6.07) is 7.45. The molecule has 106 valence electrons. The smallest absolute Gasteiger partial charge is 0.156 e. The van der Waals surface area contributed by atoms with Crippen LogP contribution in [0, 0.1) is 0 Å². The van der Waals surface area contributed by atoms with Crippen LogP contribution in [-0.2, 0) is 0 Å². The second-order valence-electron chi connectivity index (χ2n) is 4.03. The molecule has 3 aromatic rings. The first-order chi connectivity index (χ1) is 10.1. The minimum atomic E-state index is 0.291. The summed E-state index contributed by atoms with van der Waals surface area (Å²) in [7, 11) is 0. The van der Waals surface area contributed by atoms with E-state index in [4.69, 9.17) is 4.42 Å². The van der Waals surface area contributed by atoms with Crippen LogP contribution in [0.15, 0.2) is 36.3 Å². The number of furan rings is 1. The predicted octanol–water partition coefficient (Wildman–Crippen LogP) is 5.89. The van der Waals surface area contributed by atoms with Crippen LogP contribution in [0.1, 0.15) is 20.7 Å². The summed E-state index contributed by atoms with van der Waals surface area (Å²) in [5.74, 6) is 0.865. The highest BCUT2D eigenvalue weighted by Gasteiger charge is 2.23. The summed E-state index contributed by atoms with van der Waals surface area (Å²) < 4.78 is 7.70. The molecule has 3 rings (SSSR count). The molecule has 0 aliphatic heterocycles. The maximum absolute atomic E-state index is 11.4. The molecule has 0 bridgehead atoms. The van der Waals surface area contributed by atoms with Gasteiger partial charge in [0.05, 0.1) is 28.5 Å². The standard InChI is InChI=1S/C14H6Br2O3S2/c15-11-3-1-9(20-11)13-7(5-17)8(6-18)14(19-13)10-2-4-12(16)21-10/h1-6H. The number of carbonyl (C=O) groups is 2. The summed E-state index contributed by atoms with van der Waals surface area (Å²) in [6.07, 6.45) is 1.34. The summed E-state index contributed by atoms with van der Waals surface area (Å²) in [5.41, 5.74) is 0.581. The van der Waals surface area contributed by atoms with Crippen LogP contribution in [-0.4, -0.2) is 12.6 Å². The van der Waals surface area contributed by atoms with Crippen molar-refractivity contribution >= 4 is 67.1 Å². The number of rotatable bonds is 4. The van der Waals surface area contributed by atoms with Gasteiger partial charge in [0.1, 0.15) is 0 Å². The maximum atomic E-state index is 11.4. The number of carbonyl (C=O) groups excluding carboxylic acids is 2. The summed E-state index contributed by atoms with van der Waals surface area (Å²) in [4.78, 5) is 24.4. The Hall–Kier alpha value is -1.02. The molecule has 0 saturated carbocycles. The second kappa shape index (κ2) is 6.00. The number of hydrogen-bond donors (Lipinski definition) is 0. The van der Waals surface area contributed by atoms with Crippen LogP contribution < -0.4 is 0 Å². The van der Waals surface area contributed by atoms with Gasteiger partial charge in [0.15, 0.2) is 24.1 Å². The van der Waals surface area contributed by atoms with Crippen molar-refractivity contribution < 1.29 is 14.0 Å². The van der Waals surface area contributed by atoms with E-state index < -0.39 is 0 Å². The van der Waals surface area contributed by atoms with Gasteiger partial charge in [-0.05, 0) is 56.1 Å². The predicted molar refractivity (Wildman–Crippen MR) is 91.5 cm³/mol. The molecule has 3 heterocycles. The molecule has 0 spiro atoms. The molecule has 0 aliphatic rings. The number of halogens is 2. The zero-order valence-electron chi connectivity index (χ0n) is 10.3. The highest BCUT2D eigenvalue weighted by molar-refractivity contribution is 9.11. The van der Waals surface area contributed by atoms with E-state index in [0.717, 1.165) is 17.3 Å². The van der Waals surface area contributed by atoms with E-state index >= 15 is 0 Å². The van der Waals surface area contributed by atoms with Crippen LogP contribution >= 0.6 is 54.5 Å². The molecule has 0 saturated heterocycles. The van der Waals surface area contributed by atoms with E-state index in [1.165, 1.54) is 22.7 Å². The van der Waals surface area contributed by atoms with E-state index in [0.29, 0.717) is 35.2 Å². The van der Waals surface area contributed by atoms with Gasteiger partial charge < -0.3 is 4.42 Å². The molecule has 7 heteroatoms. The van der Waals surface area contributed by atoms with Gasteiger partial charge in [-0.15, -0.1) is 22.7 Å². The van der Waals surface area contributed by atoms with Crippen molar-refractivity contribution in [3.63, 3.8) is 0 Å². The van der Waals surface area contributed by atoms with Crippen LogP contribution in [0.5, 0.6) is 0 Å². The third-order valence-electron chi connectivity index (χ3n) is 2.81. The fourth-order valence-electron chi connectivity index (χ4n) is 1.93. The Kier molecular flexibility index (Phi) is 4.26. The SMILES string of the molecule is O=Cc1c(-c2ccc(Br)s2)oc(-c2ccc(Br)s2)c1C=O. The summed E-state index contributed by atoms with van der Waals surface area (Å²) >= 11 is 9.65. The molecule has 0 N–H and O–H groups in total. The normalized spacial score (nSPS) is 10.8. The number of hydrogen-bond acceptors (Lipinski definition) is 5. The minimum Gasteiger partial charge on any atom is -0.453 e. The van der Waals surface area contributed by atoms with Crippen molar-refractivity contribution in [1.29, 1.82) is 0 Å². The van der Waals surface area contributed by atoms with Gasteiger partial charge in [-0.25, -0.2) is 0 Å². The zero-order chi connectivity index (χ0) is 15.0. The lowest BCUT2D eigenvalue weighted by atomic mass is 10.1. The lowest BCUT2D eigenvalue weighted by Crippen LogP contribution is -1.88. The topological polar surface area (TPSA) is 47.3 Å². The van der Waals surface area contributed by atoms with Gasteiger partial charge in [-0.1, -0.05) is 0 Å². The van der Waals surface area contributed by atoms with E-state index in [2.05, 4.69) is 31.9 Å². The summed E-state index contributed by atoms with van der Waals surface area (Å²) in [5, 5.41) is 0. The van der Waals surface area contributed by atoms with E-state index in [-0.39, 0.29) is 0 Å². The fraction of sp³-hybridized carbons (Fsp3) is 0. The van der Waals surface area contributed by atoms with Crippen LogP contribution in [0.3, 0.4) is 0 Å². The quantitative estimate of drug-likeness (QED) is 0.470. The van der Waals surface area contributed by atoms with Gasteiger partial charge in [0, 0.05) is 0 Å². The Morgan fingerprint density at radius 3 is 1.52 bits per heavy atom. The lowest BCUT2D eigenvalue weighted by molar-refractivity contribution is 0.109. The molecule has 0 unspecified atom stereocenters. The van der Waals surface area contributed by atoms with Gasteiger partial charge in [0.2, 0.25) is 0 Å². The Morgan fingerprint density at radius 1 is 0.810 bits per heavy atom. The van der Waals surface area contributed by atoms with Crippen molar-refractivity contribution in [2.75, 3.05) is 0 Å². The van der Waals surface area contributed by atoms with Gasteiger partial charge in [0.25, 0.3) is 0 Å². The Balaban J connectivity index is 2.24. The average Bonchev–Trinajstić information content (AvgIpc) is 3.15. The monoisotopic (exact) mass is 444 g/mol. The van der Waals surface area contributed by atoms with Crippen LogP contribution in [0.4, 0.5) is 0 Å². The van der Waals surface area contributed by atoms with E-state index in [1.54, 1.807) is 0 Å². The van der Waals surface area contributed by atoms with Crippen molar-refractivity contribution in [2.45, 2.75) is 0 Å². The van der Waals surface area contributed by atoms with Gasteiger partial charge in [-0.3, -0.25) is 9.59 Å². The molecule has 3 aromatic heterocycles. The molecular weight excluding hydrogens is 440 g/mol. The van der Waals surface area contributed by atoms with Crippen molar-refractivity contribution in [2.24, 2.45) is 0 Å². The fourth-order valence-corrected chi connectivity index (χ4v) is 4.69. The van der Waals surface area contributed by atoms with Crippen molar-refractivity contribution in [1.82, 2.24) is 0 Å². The molecule has 0 fully saturated rings. The molecule has 21 heavy (non-hydrogen) atoms. The summed E-state index contributed by atoms with van der Waals surface area (Å²) in [6.45, 7) is 0. The van der Waals surface area contributed by atoms with E-state index in [1.807, 2.05) is 24.3 Å². The van der Waals surface area contributed by atoms with Crippen molar-refractivity contribution in [3.05, 3.63) is 43.0 Å². The second-order valence-corrected chi connectivity index (χ2v) is 8.96. The molecular formula is C14H6Br2O3S2. The van der Waals surface area contributed by atoms with Gasteiger partial charge >= 0.3 is 0 Å². The molecule has 0 atom stereocenters. The first kappa shape index (κ1) is 14.9. The van der Waals surface area contributed by atoms with Crippen LogP contribution in [0.2, 0.25) is 0 Å². The Labute approximate surface area is 144 Å². The Bertz CT molecular complexity index is 763. The molecule has 0 amide bonds. The Morgan fingerprint density at radius 2 is 1.24 bits per heavy atom. The third-order valence-corrected chi connectivity index (χ3v) is 6.06. The first-order valence-electron chi connectivity index (χ1n) is 5.72. The highest BCUT2D eigenvalue weighted by atomic mass is 79.9. The van der Waals surface area contributed by atoms with Gasteiger partial charge in [-0.2, -0.15) is 0 Å².